The number of nitrogens with one attached hydrogen (secondary N) is 1. The van der Waals surface area contributed by atoms with Crippen LogP contribution >= 0.6 is 23.1 Å². The standard InChI is InChI=1S/C19H17N5OS2/c1-13-4-6-14(7-5-13)11-20-18(25)12-27-19-22-21-17-9-8-15(23-24(17)19)16-3-2-10-26-16/h2-10H,11-12H2,1H3,(H,20,25). The molecule has 0 aliphatic rings. The molecular weight excluding hydrogens is 378 g/mol. The lowest BCUT2D eigenvalue weighted by atomic mass is 10.1. The van der Waals surface area contributed by atoms with Gasteiger partial charge in [0.05, 0.1) is 10.6 Å². The van der Waals surface area contributed by atoms with E-state index in [9.17, 15) is 4.79 Å². The minimum Gasteiger partial charge on any atom is -0.351 e. The topological polar surface area (TPSA) is 72.2 Å². The van der Waals surface area contributed by atoms with Crippen molar-refractivity contribution < 1.29 is 4.79 Å². The summed E-state index contributed by atoms with van der Waals surface area (Å²) in [6.07, 6.45) is 0. The Morgan fingerprint density at radius 1 is 1.15 bits per heavy atom. The van der Waals surface area contributed by atoms with Crippen molar-refractivity contribution in [2.75, 3.05) is 5.75 Å². The van der Waals surface area contributed by atoms with Gasteiger partial charge in [0.15, 0.2) is 5.65 Å². The minimum atomic E-state index is -0.0493. The van der Waals surface area contributed by atoms with Gasteiger partial charge in [-0.05, 0) is 36.1 Å². The van der Waals surface area contributed by atoms with Crippen molar-refractivity contribution in [3.63, 3.8) is 0 Å². The molecule has 0 radical (unpaired) electrons. The summed E-state index contributed by atoms with van der Waals surface area (Å²) < 4.78 is 1.69. The lowest BCUT2D eigenvalue weighted by Gasteiger charge is -2.05. The first-order valence-corrected chi connectivity index (χ1v) is 10.3. The van der Waals surface area contributed by atoms with Crippen molar-refractivity contribution in [2.45, 2.75) is 18.6 Å². The lowest BCUT2D eigenvalue weighted by Crippen LogP contribution is -2.24. The van der Waals surface area contributed by atoms with E-state index in [1.165, 1.54) is 17.3 Å². The maximum Gasteiger partial charge on any atom is 0.230 e. The van der Waals surface area contributed by atoms with Crippen LogP contribution in [0, 0.1) is 6.92 Å². The zero-order valence-corrected chi connectivity index (χ0v) is 16.3. The van der Waals surface area contributed by atoms with E-state index in [-0.39, 0.29) is 11.7 Å². The van der Waals surface area contributed by atoms with Gasteiger partial charge in [0.25, 0.3) is 0 Å². The van der Waals surface area contributed by atoms with Crippen LogP contribution < -0.4 is 5.32 Å². The normalized spacial score (nSPS) is 11.0. The van der Waals surface area contributed by atoms with Crippen molar-refractivity contribution >= 4 is 34.7 Å². The number of benzene rings is 1. The van der Waals surface area contributed by atoms with Crippen LogP contribution in [0.2, 0.25) is 0 Å². The highest BCUT2D eigenvalue weighted by Crippen LogP contribution is 2.24. The van der Waals surface area contributed by atoms with Crippen molar-refractivity contribution in [2.24, 2.45) is 0 Å². The molecule has 0 unspecified atom stereocenters. The molecule has 0 bridgehead atoms. The molecule has 1 N–H and O–H groups in total. The van der Waals surface area contributed by atoms with Gasteiger partial charge in [-0.1, -0.05) is 47.7 Å². The number of hydrogen-bond donors (Lipinski definition) is 1. The largest absolute Gasteiger partial charge is 0.351 e. The summed E-state index contributed by atoms with van der Waals surface area (Å²) in [5.41, 5.74) is 3.81. The first-order chi connectivity index (χ1) is 13.2. The van der Waals surface area contributed by atoms with E-state index in [1.807, 2.05) is 60.8 Å². The van der Waals surface area contributed by atoms with Gasteiger partial charge >= 0.3 is 0 Å². The van der Waals surface area contributed by atoms with E-state index < -0.39 is 0 Å². The molecule has 6 nitrogen and oxygen atoms in total. The zero-order chi connectivity index (χ0) is 18.6. The molecule has 3 heterocycles. The van der Waals surface area contributed by atoms with E-state index >= 15 is 0 Å². The number of carbonyl (C=O) groups is 1. The van der Waals surface area contributed by atoms with Gasteiger partial charge in [-0.2, -0.15) is 9.61 Å². The quantitative estimate of drug-likeness (QED) is 0.505. The van der Waals surface area contributed by atoms with Crippen molar-refractivity contribution in [1.29, 1.82) is 0 Å². The molecule has 0 saturated carbocycles. The number of carbonyl (C=O) groups excluding carboxylic acids is 1. The molecule has 4 rings (SSSR count). The highest BCUT2D eigenvalue weighted by atomic mass is 32.2. The third kappa shape index (κ3) is 4.17. The third-order valence-corrected chi connectivity index (χ3v) is 5.76. The Bertz CT molecular complexity index is 1060. The van der Waals surface area contributed by atoms with Gasteiger partial charge in [-0.25, -0.2) is 0 Å². The second-order valence-electron chi connectivity index (χ2n) is 6.00. The number of rotatable bonds is 6. The molecule has 3 aromatic heterocycles. The van der Waals surface area contributed by atoms with E-state index in [0.717, 1.165) is 16.1 Å². The molecule has 1 amide bonds. The third-order valence-electron chi connectivity index (χ3n) is 3.95. The number of thioether (sulfide) groups is 1. The Labute approximate surface area is 164 Å². The summed E-state index contributed by atoms with van der Waals surface area (Å²) >= 11 is 2.96. The highest BCUT2D eigenvalue weighted by Gasteiger charge is 2.12. The molecule has 136 valence electrons. The molecule has 4 aromatic rings. The van der Waals surface area contributed by atoms with Crippen LogP contribution in [0.5, 0.6) is 0 Å². The number of thiophene rings is 1. The zero-order valence-electron chi connectivity index (χ0n) is 14.6. The van der Waals surface area contributed by atoms with Gasteiger partial charge in [0.2, 0.25) is 11.1 Å². The molecule has 0 aliphatic heterocycles. The average molecular weight is 396 g/mol. The fraction of sp³-hybridized carbons (Fsp3) is 0.158. The Hall–Kier alpha value is -2.71. The van der Waals surface area contributed by atoms with E-state index in [2.05, 4.69) is 20.6 Å². The number of aryl methyl sites for hydroxylation is 1. The fourth-order valence-corrected chi connectivity index (χ4v) is 3.91. The predicted molar refractivity (Wildman–Crippen MR) is 108 cm³/mol. The van der Waals surface area contributed by atoms with Crippen LogP contribution in [-0.4, -0.2) is 31.5 Å². The second-order valence-corrected chi connectivity index (χ2v) is 7.89. The SMILES string of the molecule is Cc1ccc(CNC(=O)CSc2nnc3ccc(-c4cccs4)nn23)cc1. The molecule has 0 aliphatic carbocycles. The summed E-state index contributed by atoms with van der Waals surface area (Å²) in [5.74, 6) is 0.212. The van der Waals surface area contributed by atoms with Crippen LogP contribution in [-0.2, 0) is 11.3 Å². The highest BCUT2D eigenvalue weighted by molar-refractivity contribution is 7.99. The van der Waals surface area contributed by atoms with Crippen LogP contribution in [0.25, 0.3) is 16.2 Å². The van der Waals surface area contributed by atoms with E-state index in [1.54, 1.807) is 15.9 Å². The fourth-order valence-electron chi connectivity index (χ4n) is 2.50. The van der Waals surface area contributed by atoms with Gasteiger partial charge in [0.1, 0.15) is 5.69 Å². The maximum atomic E-state index is 12.2. The van der Waals surface area contributed by atoms with Crippen molar-refractivity contribution in [1.82, 2.24) is 25.1 Å². The molecule has 0 atom stereocenters. The van der Waals surface area contributed by atoms with Crippen LogP contribution in [0.15, 0.2) is 59.1 Å². The minimum absolute atomic E-state index is 0.0493. The Balaban J connectivity index is 1.40. The second kappa shape index (κ2) is 7.89. The predicted octanol–water partition coefficient (Wildman–Crippen LogP) is 3.57. The number of fused-ring (bicyclic) bond motifs is 1. The molecule has 27 heavy (non-hydrogen) atoms. The van der Waals surface area contributed by atoms with E-state index in [4.69, 9.17) is 0 Å². The van der Waals surface area contributed by atoms with Crippen LogP contribution in [0.3, 0.4) is 0 Å². The lowest BCUT2D eigenvalue weighted by molar-refractivity contribution is -0.118. The average Bonchev–Trinajstić information content (AvgIpc) is 3.35. The number of amides is 1. The van der Waals surface area contributed by atoms with Crippen LogP contribution in [0.4, 0.5) is 0 Å². The first kappa shape index (κ1) is 17.7. The first-order valence-electron chi connectivity index (χ1n) is 8.40. The maximum absolute atomic E-state index is 12.2. The number of hydrogen-bond acceptors (Lipinski definition) is 6. The number of nitrogens with zero attached hydrogens (tertiary/aromatic N) is 4. The summed E-state index contributed by atoms with van der Waals surface area (Å²) in [4.78, 5) is 13.2. The Morgan fingerprint density at radius 3 is 2.78 bits per heavy atom. The summed E-state index contributed by atoms with van der Waals surface area (Å²) in [6, 6.07) is 15.9. The number of aromatic nitrogens is 4. The summed E-state index contributed by atoms with van der Waals surface area (Å²) in [5, 5.41) is 18.4. The smallest absolute Gasteiger partial charge is 0.230 e. The molecule has 0 saturated heterocycles. The molecule has 8 heteroatoms. The van der Waals surface area contributed by atoms with Gasteiger partial charge < -0.3 is 5.32 Å². The summed E-state index contributed by atoms with van der Waals surface area (Å²) in [6.45, 7) is 2.56. The van der Waals surface area contributed by atoms with Gasteiger partial charge in [-0.15, -0.1) is 21.5 Å². The van der Waals surface area contributed by atoms with Crippen molar-refractivity contribution in [3.8, 4) is 10.6 Å². The molecule has 0 fully saturated rings. The van der Waals surface area contributed by atoms with Gasteiger partial charge in [-0.3, -0.25) is 4.79 Å². The molecular formula is C19H17N5OS2. The van der Waals surface area contributed by atoms with E-state index in [0.29, 0.717) is 17.3 Å². The summed E-state index contributed by atoms with van der Waals surface area (Å²) in [7, 11) is 0. The molecule has 1 aromatic carbocycles. The Morgan fingerprint density at radius 2 is 2.00 bits per heavy atom. The monoisotopic (exact) mass is 395 g/mol. The van der Waals surface area contributed by atoms with Crippen molar-refractivity contribution in [3.05, 3.63) is 65.0 Å². The van der Waals surface area contributed by atoms with Gasteiger partial charge in [0, 0.05) is 6.54 Å². The Kier molecular flexibility index (Phi) is 5.17. The molecule has 0 spiro atoms. The van der Waals surface area contributed by atoms with Crippen LogP contribution in [0.1, 0.15) is 11.1 Å².